The number of hydrogen-bond donors (Lipinski definition) is 1. The molecule has 0 radical (unpaired) electrons. The molecule has 14 heavy (non-hydrogen) atoms. The first-order valence-electron chi connectivity index (χ1n) is 3.45. The minimum absolute atomic E-state index is 0.0642. The van der Waals surface area contributed by atoms with E-state index in [2.05, 4.69) is 4.74 Å². The molecule has 0 bridgehead atoms. The molecule has 0 amide bonds. The van der Waals surface area contributed by atoms with Gasteiger partial charge in [-0.2, -0.15) is 4.39 Å². The molecule has 1 heterocycles. The third-order valence-electron chi connectivity index (χ3n) is 1.40. The number of nitrogens with one attached hydrogen (secondary N) is 1. The van der Waals surface area contributed by atoms with E-state index in [9.17, 15) is 22.4 Å². The molecule has 78 valence electrons. The van der Waals surface area contributed by atoms with Crippen molar-refractivity contribution in [2.45, 2.75) is 13.3 Å². The molecular weight excluding hydrogens is 206 g/mol. The zero-order valence-corrected chi connectivity index (χ0v) is 6.91. The lowest BCUT2D eigenvalue weighted by Crippen LogP contribution is -2.24. The van der Waals surface area contributed by atoms with E-state index >= 15 is 0 Å². The topological polar surface area (TPSA) is 42.1 Å². The Morgan fingerprint density at radius 2 is 2.00 bits per heavy atom. The van der Waals surface area contributed by atoms with Gasteiger partial charge >= 0.3 is 6.36 Å². The predicted octanol–water partition coefficient (Wildman–Crippen LogP) is 1.72. The Morgan fingerprint density at radius 3 is 2.50 bits per heavy atom. The van der Waals surface area contributed by atoms with Gasteiger partial charge < -0.3 is 9.72 Å². The fourth-order valence-corrected chi connectivity index (χ4v) is 0.788. The van der Waals surface area contributed by atoms with E-state index in [0.29, 0.717) is 0 Å². The molecular formula is C7H5F4NO2. The fraction of sp³-hybridized carbons (Fsp3) is 0.286. The van der Waals surface area contributed by atoms with Crippen molar-refractivity contribution >= 4 is 0 Å². The third-order valence-corrected chi connectivity index (χ3v) is 1.40. The molecule has 0 aliphatic rings. The van der Waals surface area contributed by atoms with Crippen molar-refractivity contribution in [3.63, 3.8) is 0 Å². The van der Waals surface area contributed by atoms with Crippen molar-refractivity contribution in [1.82, 2.24) is 4.98 Å². The number of pyridine rings is 1. The van der Waals surface area contributed by atoms with Crippen molar-refractivity contribution < 1.29 is 22.3 Å². The molecule has 0 saturated heterocycles. The molecule has 0 aromatic carbocycles. The van der Waals surface area contributed by atoms with Crippen molar-refractivity contribution in [1.29, 1.82) is 0 Å². The Labute approximate surface area is 75.3 Å². The van der Waals surface area contributed by atoms with Gasteiger partial charge in [0.15, 0.2) is 0 Å². The first-order valence-corrected chi connectivity index (χ1v) is 3.45. The Morgan fingerprint density at radius 1 is 1.43 bits per heavy atom. The molecule has 1 rings (SSSR count). The van der Waals surface area contributed by atoms with Gasteiger partial charge in [-0.05, 0) is 6.92 Å². The number of aromatic nitrogens is 1. The van der Waals surface area contributed by atoms with Crippen LogP contribution in [-0.2, 0) is 0 Å². The number of H-pyrrole nitrogens is 1. The zero-order valence-electron chi connectivity index (χ0n) is 6.91. The van der Waals surface area contributed by atoms with E-state index in [-0.39, 0.29) is 5.56 Å². The maximum Gasteiger partial charge on any atom is 0.573 e. The van der Waals surface area contributed by atoms with E-state index in [0.717, 1.165) is 6.20 Å². The van der Waals surface area contributed by atoms with Gasteiger partial charge in [0.2, 0.25) is 17.1 Å². The van der Waals surface area contributed by atoms with Gasteiger partial charge in [-0.15, -0.1) is 13.2 Å². The molecule has 3 nitrogen and oxygen atoms in total. The largest absolute Gasteiger partial charge is 0.573 e. The average molecular weight is 211 g/mol. The lowest BCUT2D eigenvalue weighted by Gasteiger charge is -2.08. The van der Waals surface area contributed by atoms with Gasteiger partial charge in [-0.1, -0.05) is 0 Å². The number of alkyl halides is 3. The second-order valence-corrected chi connectivity index (χ2v) is 2.49. The summed E-state index contributed by atoms with van der Waals surface area (Å²) in [6.45, 7) is 1.24. The number of rotatable bonds is 1. The van der Waals surface area contributed by atoms with Crippen LogP contribution in [0.3, 0.4) is 0 Å². The molecule has 0 atom stereocenters. The zero-order chi connectivity index (χ0) is 10.9. The monoisotopic (exact) mass is 211 g/mol. The number of halogens is 4. The molecule has 0 spiro atoms. The Balaban J connectivity index is 3.21. The van der Waals surface area contributed by atoms with E-state index in [1.54, 1.807) is 0 Å². The van der Waals surface area contributed by atoms with Crippen LogP contribution in [0, 0.1) is 12.9 Å². The number of aromatic amines is 1. The maximum atomic E-state index is 12.7. The van der Waals surface area contributed by atoms with Crippen LogP contribution in [0.2, 0.25) is 0 Å². The maximum absolute atomic E-state index is 12.7. The van der Waals surface area contributed by atoms with Gasteiger partial charge in [-0.25, -0.2) is 0 Å². The highest BCUT2D eigenvalue weighted by atomic mass is 19.4. The van der Waals surface area contributed by atoms with Gasteiger partial charge in [0.1, 0.15) is 0 Å². The second-order valence-electron chi connectivity index (χ2n) is 2.49. The van der Waals surface area contributed by atoms with Gasteiger partial charge in [0.05, 0.1) is 0 Å². The third kappa shape index (κ3) is 2.24. The van der Waals surface area contributed by atoms with Crippen LogP contribution >= 0.6 is 0 Å². The molecule has 0 unspecified atom stereocenters. The molecule has 1 aromatic rings. The van der Waals surface area contributed by atoms with Crippen LogP contribution in [0.1, 0.15) is 5.56 Å². The van der Waals surface area contributed by atoms with E-state index in [1.807, 2.05) is 4.98 Å². The second kappa shape index (κ2) is 3.32. The van der Waals surface area contributed by atoms with Crippen LogP contribution in [0.5, 0.6) is 5.75 Å². The lowest BCUT2D eigenvalue weighted by molar-refractivity contribution is -0.276. The lowest BCUT2D eigenvalue weighted by atomic mass is 10.3. The summed E-state index contributed by atoms with van der Waals surface area (Å²) in [6.07, 6.45) is -4.12. The summed E-state index contributed by atoms with van der Waals surface area (Å²) >= 11 is 0. The minimum Gasteiger partial charge on any atom is -0.397 e. The highest BCUT2D eigenvalue weighted by molar-refractivity contribution is 5.24. The molecule has 1 N–H and O–H groups in total. The van der Waals surface area contributed by atoms with Gasteiger partial charge in [0, 0.05) is 11.8 Å². The van der Waals surface area contributed by atoms with E-state index < -0.39 is 23.5 Å². The summed E-state index contributed by atoms with van der Waals surface area (Å²) < 4.78 is 51.0. The summed E-state index contributed by atoms with van der Waals surface area (Å²) in [6, 6.07) is 0. The summed E-state index contributed by atoms with van der Waals surface area (Å²) in [5.74, 6) is -2.81. The molecule has 0 aliphatic carbocycles. The number of hydrogen-bond acceptors (Lipinski definition) is 2. The average Bonchev–Trinajstić information content (AvgIpc) is 2.04. The summed E-state index contributed by atoms with van der Waals surface area (Å²) in [5, 5.41) is 0. The van der Waals surface area contributed by atoms with Crippen molar-refractivity contribution in [2.75, 3.05) is 0 Å². The SMILES string of the molecule is Cc1c[nH]c(F)c(OC(F)(F)F)c1=O. The number of aryl methyl sites for hydroxylation is 1. The van der Waals surface area contributed by atoms with Crippen molar-refractivity contribution in [3.8, 4) is 5.75 Å². The van der Waals surface area contributed by atoms with Gasteiger partial charge in [-0.3, -0.25) is 4.79 Å². The molecule has 0 fully saturated rings. The normalized spacial score (nSPS) is 11.5. The quantitative estimate of drug-likeness (QED) is 0.567. The molecule has 0 saturated carbocycles. The van der Waals surface area contributed by atoms with Crippen molar-refractivity contribution in [2.24, 2.45) is 0 Å². The molecule has 7 heteroatoms. The van der Waals surface area contributed by atoms with Crippen LogP contribution < -0.4 is 10.2 Å². The number of ether oxygens (including phenoxy) is 1. The Bertz CT molecular complexity index is 396. The van der Waals surface area contributed by atoms with Crippen molar-refractivity contribution in [3.05, 3.63) is 27.9 Å². The van der Waals surface area contributed by atoms with E-state index in [1.165, 1.54) is 6.92 Å². The van der Waals surface area contributed by atoms with Crippen LogP contribution in [0.4, 0.5) is 17.6 Å². The predicted molar refractivity (Wildman–Crippen MR) is 38.4 cm³/mol. The standard InChI is InChI=1S/C7H5F4NO2/c1-3-2-12-6(8)5(4(3)13)14-7(9,10)11/h2H,1H3,(H,12,13). The van der Waals surface area contributed by atoms with Crippen LogP contribution in [-0.4, -0.2) is 11.3 Å². The minimum atomic E-state index is -5.08. The highest BCUT2D eigenvalue weighted by Crippen LogP contribution is 2.21. The molecule has 1 aromatic heterocycles. The summed E-state index contributed by atoms with van der Waals surface area (Å²) in [5.41, 5.74) is -1.19. The van der Waals surface area contributed by atoms with E-state index in [4.69, 9.17) is 0 Å². The highest BCUT2D eigenvalue weighted by Gasteiger charge is 2.34. The molecule has 0 aliphatic heterocycles. The Hall–Kier alpha value is -1.53. The first-order chi connectivity index (χ1) is 6.31. The van der Waals surface area contributed by atoms with Gasteiger partial charge in [0.25, 0.3) is 0 Å². The smallest absolute Gasteiger partial charge is 0.397 e. The summed E-state index contributed by atoms with van der Waals surface area (Å²) in [4.78, 5) is 12.8. The van der Waals surface area contributed by atoms with Crippen LogP contribution in [0.25, 0.3) is 0 Å². The fourth-order valence-electron chi connectivity index (χ4n) is 0.788. The van der Waals surface area contributed by atoms with Crippen LogP contribution in [0.15, 0.2) is 11.0 Å². The summed E-state index contributed by atoms with van der Waals surface area (Å²) in [7, 11) is 0. The first kappa shape index (κ1) is 10.6. The Kier molecular flexibility index (Phi) is 2.50.